The summed E-state index contributed by atoms with van der Waals surface area (Å²) in [6.45, 7) is 4.30. The van der Waals surface area contributed by atoms with E-state index in [2.05, 4.69) is 17.4 Å². The van der Waals surface area contributed by atoms with E-state index in [4.69, 9.17) is 5.11 Å². The van der Waals surface area contributed by atoms with Crippen molar-refractivity contribution in [2.75, 3.05) is 6.54 Å². The second-order valence-electron chi connectivity index (χ2n) is 6.79. The lowest BCUT2D eigenvalue weighted by Gasteiger charge is -2.13. The molecule has 2 aliphatic carbocycles. The van der Waals surface area contributed by atoms with Gasteiger partial charge in [-0.1, -0.05) is 38.1 Å². The summed E-state index contributed by atoms with van der Waals surface area (Å²) in [7, 11) is 0. The third-order valence-electron chi connectivity index (χ3n) is 5.16. The van der Waals surface area contributed by atoms with E-state index < -0.39 is 23.2 Å². The number of nitrogens with one attached hydrogen (secondary N) is 1. The lowest BCUT2D eigenvalue weighted by molar-refractivity contribution is -0.140. The SMILES string of the molecule is CC1(C)[C@H](C(=O)O)[C@@H]1C(=O)NCC1CCc2ccccc21. The Hall–Kier alpha value is -1.84. The Balaban J connectivity index is 1.60. The van der Waals surface area contributed by atoms with Crippen LogP contribution in [0, 0.1) is 17.3 Å². The first-order valence-electron chi connectivity index (χ1n) is 7.51. The largest absolute Gasteiger partial charge is 0.481 e. The van der Waals surface area contributed by atoms with Crippen LogP contribution < -0.4 is 5.32 Å². The van der Waals surface area contributed by atoms with Crippen molar-refractivity contribution >= 4 is 11.9 Å². The van der Waals surface area contributed by atoms with Gasteiger partial charge in [0, 0.05) is 12.5 Å². The second-order valence-corrected chi connectivity index (χ2v) is 6.79. The average molecular weight is 287 g/mol. The zero-order valence-corrected chi connectivity index (χ0v) is 12.4. The highest BCUT2D eigenvalue weighted by molar-refractivity contribution is 5.91. The molecular weight excluding hydrogens is 266 g/mol. The topological polar surface area (TPSA) is 66.4 Å². The normalized spacial score (nSPS) is 28.8. The molecule has 1 amide bonds. The highest BCUT2D eigenvalue weighted by Crippen LogP contribution is 2.58. The number of carbonyl (C=O) groups excluding carboxylic acids is 1. The predicted molar refractivity (Wildman–Crippen MR) is 78.9 cm³/mol. The molecule has 2 N–H and O–H groups in total. The third kappa shape index (κ3) is 2.33. The smallest absolute Gasteiger partial charge is 0.307 e. The summed E-state index contributed by atoms with van der Waals surface area (Å²) in [5.41, 5.74) is 2.26. The van der Waals surface area contributed by atoms with Crippen molar-refractivity contribution in [1.82, 2.24) is 5.32 Å². The van der Waals surface area contributed by atoms with Crippen molar-refractivity contribution in [3.63, 3.8) is 0 Å². The van der Waals surface area contributed by atoms with E-state index in [1.165, 1.54) is 11.1 Å². The van der Waals surface area contributed by atoms with Crippen LogP contribution in [0.5, 0.6) is 0 Å². The van der Waals surface area contributed by atoms with Gasteiger partial charge < -0.3 is 10.4 Å². The lowest BCUT2D eigenvalue weighted by atomic mass is 10.0. The number of carboxylic acids is 1. The Labute approximate surface area is 124 Å². The molecule has 4 nitrogen and oxygen atoms in total. The maximum atomic E-state index is 12.2. The van der Waals surface area contributed by atoms with Crippen LogP contribution in [-0.4, -0.2) is 23.5 Å². The van der Waals surface area contributed by atoms with Gasteiger partial charge in [-0.3, -0.25) is 9.59 Å². The molecule has 3 rings (SSSR count). The molecule has 21 heavy (non-hydrogen) atoms. The standard InChI is InChI=1S/C17H21NO3/c1-17(2)13(14(17)16(20)21)15(19)18-9-11-8-7-10-5-3-4-6-12(10)11/h3-6,11,13-14H,7-9H2,1-2H3,(H,18,19)(H,20,21)/t11?,13-,14+/m1/s1. The number of hydrogen-bond donors (Lipinski definition) is 2. The summed E-state index contributed by atoms with van der Waals surface area (Å²) in [5.74, 6) is -1.57. The molecule has 112 valence electrons. The lowest BCUT2D eigenvalue weighted by Crippen LogP contribution is -2.30. The van der Waals surface area contributed by atoms with Crippen LogP contribution in [0.3, 0.4) is 0 Å². The van der Waals surface area contributed by atoms with Gasteiger partial charge in [0.1, 0.15) is 0 Å². The fourth-order valence-electron chi connectivity index (χ4n) is 3.78. The van der Waals surface area contributed by atoms with E-state index in [1.54, 1.807) is 0 Å². The second kappa shape index (κ2) is 4.86. The molecule has 1 fully saturated rings. The molecule has 1 aromatic rings. The van der Waals surface area contributed by atoms with Gasteiger partial charge >= 0.3 is 5.97 Å². The maximum Gasteiger partial charge on any atom is 0.307 e. The molecule has 0 bridgehead atoms. The Morgan fingerprint density at radius 1 is 1.29 bits per heavy atom. The van der Waals surface area contributed by atoms with Crippen molar-refractivity contribution in [2.24, 2.45) is 17.3 Å². The van der Waals surface area contributed by atoms with Crippen LogP contribution in [-0.2, 0) is 16.0 Å². The molecule has 2 aliphatic rings. The Kier molecular flexibility index (Phi) is 3.27. The maximum absolute atomic E-state index is 12.2. The van der Waals surface area contributed by atoms with E-state index in [-0.39, 0.29) is 5.91 Å². The molecule has 3 atom stereocenters. The van der Waals surface area contributed by atoms with Gasteiger partial charge in [0.2, 0.25) is 5.91 Å². The first-order valence-corrected chi connectivity index (χ1v) is 7.51. The summed E-state index contributed by atoms with van der Waals surface area (Å²) in [6.07, 6.45) is 2.11. The number of carboxylic acid groups (broad SMARTS) is 1. The molecule has 0 aromatic heterocycles. The minimum Gasteiger partial charge on any atom is -0.481 e. The zero-order valence-electron chi connectivity index (χ0n) is 12.4. The molecular formula is C17H21NO3. The van der Waals surface area contributed by atoms with Crippen LogP contribution >= 0.6 is 0 Å². The molecule has 4 heteroatoms. The molecule has 0 spiro atoms. The van der Waals surface area contributed by atoms with Crippen molar-refractivity contribution in [2.45, 2.75) is 32.6 Å². The number of aliphatic carboxylic acids is 1. The van der Waals surface area contributed by atoms with Crippen LogP contribution in [0.2, 0.25) is 0 Å². The molecule has 0 saturated heterocycles. The molecule has 1 saturated carbocycles. The van der Waals surface area contributed by atoms with Crippen LogP contribution in [0.1, 0.15) is 37.3 Å². The van der Waals surface area contributed by atoms with E-state index in [0.717, 1.165) is 12.8 Å². The fourth-order valence-corrected chi connectivity index (χ4v) is 3.78. The minimum absolute atomic E-state index is 0.114. The van der Waals surface area contributed by atoms with Crippen molar-refractivity contribution in [1.29, 1.82) is 0 Å². The summed E-state index contributed by atoms with van der Waals surface area (Å²) < 4.78 is 0. The van der Waals surface area contributed by atoms with Crippen molar-refractivity contribution in [3.8, 4) is 0 Å². The van der Waals surface area contributed by atoms with E-state index in [0.29, 0.717) is 12.5 Å². The summed E-state index contributed by atoms with van der Waals surface area (Å²) in [4.78, 5) is 23.4. The van der Waals surface area contributed by atoms with E-state index in [9.17, 15) is 9.59 Å². The number of aryl methyl sites for hydroxylation is 1. The number of amides is 1. The number of hydrogen-bond acceptors (Lipinski definition) is 2. The summed E-state index contributed by atoms with van der Waals surface area (Å²) in [6, 6.07) is 8.34. The number of carbonyl (C=O) groups is 2. The molecule has 1 unspecified atom stereocenters. The predicted octanol–water partition coefficient (Wildman–Crippen LogP) is 2.19. The quantitative estimate of drug-likeness (QED) is 0.892. The summed E-state index contributed by atoms with van der Waals surface area (Å²) >= 11 is 0. The van der Waals surface area contributed by atoms with Crippen molar-refractivity contribution < 1.29 is 14.7 Å². The van der Waals surface area contributed by atoms with Gasteiger partial charge in [0.25, 0.3) is 0 Å². The van der Waals surface area contributed by atoms with E-state index in [1.807, 2.05) is 26.0 Å². The minimum atomic E-state index is -0.869. The highest BCUT2D eigenvalue weighted by Gasteiger charge is 2.65. The van der Waals surface area contributed by atoms with Crippen LogP contribution in [0.4, 0.5) is 0 Å². The average Bonchev–Trinajstić information content (AvgIpc) is 2.82. The van der Waals surface area contributed by atoms with Crippen molar-refractivity contribution in [3.05, 3.63) is 35.4 Å². The van der Waals surface area contributed by atoms with Gasteiger partial charge in [-0.15, -0.1) is 0 Å². The van der Waals surface area contributed by atoms with Crippen LogP contribution in [0.15, 0.2) is 24.3 Å². The van der Waals surface area contributed by atoms with Gasteiger partial charge in [-0.05, 0) is 29.4 Å². The number of benzene rings is 1. The van der Waals surface area contributed by atoms with Crippen LogP contribution in [0.25, 0.3) is 0 Å². The number of fused-ring (bicyclic) bond motifs is 1. The highest BCUT2D eigenvalue weighted by atomic mass is 16.4. The third-order valence-corrected chi connectivity index (χ3v) is 5.16. The molecule has 1 aromatic carbocycles. The fraction of sp³-hybridized carbons (Fsp3) is 0.529. The first kappa shape index (κ1) is 14.1. The zero-order chi connectivity index (χ0) is 15.2. The van der Waals surface area contributed by atoms with Gasteiger partial charge in [0.05, 0.1) is 11.8 Å². The molecule has 0 radical (unpaired) electrons. The van der Waals surface area contributed by atoms with Gasteiger partial charge in [-0.25, -0.2) is 0 Å². The summed E-state index contributed by atoms with van der Waals surface area (Å²) in [5, 5.41) is 12.1. The Bertz CT molecular complexity index is 593. The monoisotopic (exact) mass is 287 g/mol. The molecule has 0 heterocycles. The number of rotatable bonds is 4. The Morgan fingerprint density at radius 3 is 2.67 bits per heavy atom. The molecule has 0 aliphatic heterocycles. The van der Waals surface area contributed by atoms with Gasteiger partial charge in [-0.2, -0.15) is 0 Å². The Morgan fingerprint density at radius 2 is 2.00 bits per heavy atom. The first-order chi connectivity index (χ1) is 9.93. The van der Waals surface area contributed by atoms with E-state index >= 15 is 0 Å². The van der Waals surface area contributed by atoms with Gasteiger partial charge in [0.15, 0.2) is 0 Å².